The Morgan fingerprint density at radius 1 is 1.20 bits per heavy atom. The van der Waals surface area contributed by atoms with Crippen molar-refractivity contribution in [1.82, 2.24) is 4.98 Å². The Kier molecular flexibility index (Phi) is 2.50. The molecule has 1 aromatic heterocycles. The van der Waals surface area contributed by atoms with Crippen LogP contribution in [0.5, 0.6) is 0 Å². The zero-order valence-corrected chi connectivity index (χ0v) is 9.39. The highest BCUT2D eigenvalue weighted by molar-refractivity contribution is 6.32. The van der Waals surface area contributed by atoms with Gasteiger partial charge in [0.2, 0.25) is 0 Å². The average Bonchev–Trinajstić information content (AvgIpc) is 2.20. The number of benzene rings is 1. The van der Waals surface area contributed by atoms with E-state index in [0.29, 0.717) is 5.82 Å². The van der Waals surface area contributed by atoms with E-state index < -0.39 is 0 Å². The molecule has 0 amide bonds. The zero-order valence-electron chi connectivity index (χ0n) is 8.63. The second-order valence-electron chi connectivity index (χ2n) is 3.59. The van der Waals surface area contributed by atoms with Crippen LogP contribution >= 0.6 is 11.6 Å². The molecule has 3 nitrogen and oxygen atoms in total. The fraction of sp³-hybridized carbons (Fsp3) is 0.182. The summed E-state index contributed by atoms with van der Waals surface area (Å²) in [5.74, 6) is 6.05. The van der Waals surface area contributed by atoms with Crippen molar-refractivity contribution in [2.75, 3.05) is 5.43 Å². The molecular formula is C11H12ClN3. The maximum Gasteiger partial charge on any atom is 0.143 e. The summed E-state index contributed by atoms with van der Waals surface area (Å²) in [5, 5.41) is 1.80. The molecule has 2 rings (SSSR count). The lowest BCUT2D eigenvalue weighted by molar-refractivity contribution is 1.22. The van der Waals surface area contributed by atoms with E-state index in [1.165, 1.54) is 0 Å². The van der Waals surface area contributed by atoms with Gasteiger partial charge in [-0.05, 0) is 43.2 Å². The number of rotatable bonds is 1. The van der Waals surface area contributed by atoms with Gasteiger partial charge in [0.15, 0.2) is 0 Å². The monoisotopic (exact) mass is 221 g/mol. The molecule has 2 aromatic rings. The predicted octanol–water partition coefficient (Wildman–Crippen LogP) is 2.79. The number of pyridine rings is 1. The number of nitrogens with one attached hydrogen (secondary N) is 1. The highest BCUT2D eigenvalue weighted by Crippen LogP contribution is 2.25. The molecule has 0 aliphatic heterocycles. The summed E-state index contributed by atoms with van der Waals surface area (Å²) in [6.45, 7) is 3.94. The van der Waals surface area contributed by atoms with Crippen LogP contribution in [0, 0.1) is 13.8 Å². The van der Waals surface area contributed by atoms with E-state index in [1.54, 1.807) is 0 Å². The van der Waals surface area contributed by atoms with Crippen molar-refractivity contribution in [3.63, 3.8) is 0 Å². The van der Waals surface area contributed by atoms with Crippen LogP contribution in [-0.4, -0.2) is 4.98 Å². The van der Waals surface area contributed by atoms with E-state index in [0.717, 1.165) is 27.1 Å². The van der Waals surface area contributed by atoms with E-state index in [1.807, 2.05) is 32.0 Å². The van der Waals surface area contributed by atoms with Crippen LogP contribution in [0.4, 0.5) is 5.82 Å². The average molecular weight is 222 g/mol. The van der Waals surface area contributed by atoms with Crippen LogP contribution in [0.1, 0.15) is 11.1 Å². The summed E-state index contributed by atoms with van der Waals surface area (Å²) in [6.07, 6.45) is 0. The molecule has 15 heavy (non-hydrogen) atoms. The maximum absolute atomic E-state index is 6.03. The van der Waals surface area contributed by atoms with Gasteiger partial charge >= 0.3 is 0 Å². The Morgan fingerprint density at radius 3 is 2.53 bits per heavy atom. The fourth-order valence-corrected chi connectivity index (χ4v) is 1.72. The quantitative estimate of drug-likeness (QED) is 0.575. The van der Waals surface area contributed by atoms with E-state index in [9.17, 15) is 0 Å². The van der Waals surface area contributed by atoms with Crippen LogP contribution in [0.3, 0.4) is 0 Å². The molecule has 0 bridgehead atoms. The first kappa shape index (κ1) is 10.2. The van der Waals surface area contributed by atoms with E-state index >= 15 is 0 Å². The number of nitrogens with zero attached hydrogens (tertiary/aromatic N) is 1. The molecular weight excluding hydrogens is 210 g/mol. The van der Waals surface area contributed by atoms with Crippen LogP contribution in [0.25, 0.3) is 10.9 Å². The molecule has 0 spiro atoms. The standard InChI is InChI=1S/C11H12ClN3/c1-6-3-8-4-7(2)11(15-13)14-10(8)5-9(6)12/h3-5H,13H2,1-2H3,(H,14,15). The van der Waals surface area contributed by atoms with Gasteiger partial charge in [-0.15, -0.1) is 0 Å². The van der Waals surface area contributed by atoms with Crippen LogP contribution in [0.15, 0.2) is 18.2 Å². The van der Waals surface area contributed by atoms with Crippen molar-refractivity contribution in [3.05, 3.63) is 34.3 Å². The Morgan fingerprint density at radius 2 is 1.87 bits per heavy atom. The normalized spacial score (nSPS) is 10.7. The molecule has 0 aliphatic carbocycles. The van der Waals surface area contributed by atoms with Crippen LogP contribution in [-0.2, 0) is 0 Å². The molecule has 3 N–H and O–H groups in total. The molecule has 0 saturated heterocycles. The first-order valence-electron chi connectivity index (χ1n) is 4.66. The molecule has 0 unspecified atom stereocenters. The molecule has 4 heteroatoms. The second kappa shape index (κ2) is 3.68. The van der Waals surface area contributed by atoms with E-state index in [2.05, 4.69) is 10.4 Å². The lowest BCUT2D eigenvalue weighted by atomic mass is 10.1. The minimum Gasteiger partial charge on any atom is -0.308 e. The first-order chi connectivity index (χ1) is 7.11. The number of halogens is 1. The number of nitrogens with two attached hydrogens (primary N) is 1. The number of aryl methyl sites for hydroxylation is 2. The number of nitrogen functional groups attached to an aromatic ring is 1. The fourth-order valence-electron chi connectivity index (χ4n) is 1.56. The predicted molar refractivity (Wildman–Crippen MR) is 64.0 cm³/mol. The molecule has 1 aromatic carbocycles. The number of aromatic nitrogens is 1. The zero-order chi connectivity index (χ0) is 11.0. The van der Waals surface area contributed by atoms with Gasteiger partial charge in [-0.2, -0.15) is 0 Å². The largest absolute Gasteiger partial charge is 0.308 e. The first-order valence-corrected chi connectivity index (χ1v) is 5.03. The molecule has 0 atom stereocenters. The molecule has 0 radical (unpaired) electrons. The third-order valence-electron chi connectivity index (χ3n) is 2.42. The Balaban J connectivity index is 2.76. The van der Waals surface area contributed by atoms with Crippen LogP contribution < -0.4 is 11.3 Å². The summed E-state index contributed by atoms with van der Waals surface area (Å²) in [7, 11) is 0. The Bertz CT molecular complexity index is 523. The molecule has 0 fully saturated rings. The van der Waals surface area contributed by atoms with Gasteiger partial charge in [-0.1, -0.05) is 11.6 Å². The van der Waals surface area contributed by atoms with E-state index in [4.69, 9.17) is 17.4 Å². The van der Waals surface area contributed by atoms with Crippen molar-refractivity contribution in [2.45, 2.75) is 13.8 Å². The van der Waals surface area contributed by atoms with Gasteiger partial charge in [0.1, 0.15) is 5.82 Å². The lowest BCUT2D eigenvalue weighted by Crippen LogP contribution is -2.10. The number of anilines is 1. The summed E-state index contributed by atoms with van der Waals surface area (Å²) < 4.78 is 0. The van der Waals surface area contributed by atoms with Crippen molar-refractivity contribution >= 4 is 28.3 Å². The molecule has 0 aliphatic rings. The maximum atomic E-state index is 6.03. The minimum atomic E-state index is 0.683. The van der Waals surface area contributed by atoms with Crippen LogP contribution in [0.2, 0.25) is 5.02 Å². The molecule has 0 saturated carbocycles. The van der Waals surface area contributed by atoms with E-state index in [-0.39, 0.29) is 0 Å². The molecule has 78 valence electrons. The summed E-state index contributed by atoms with van der Waals surface area (Å²) in [5.41, 5.74) is 5.49. The summed E-state index contributed by atoms with van der Waals surface area (Å²) >= 11 is 6.03. The topological polar surface area (TPSA) is 50.9 Å². The van der Waals surface area contributed by atoms with Crippen molar-refractivity contribution in [1.29, 1.82) is 0 Å². The summed E-state index contributed by atoms with van der Waals surface area (Å²) in [6, 6.07) is 5.92. The highest BCUT2D eigenvalue weighted by Gasteiger charge is 2.04. The number of hydrogen-bond donors (Lipinski definition) is 2. The SMILES string of the molecule is Cc1cc2cc(C)c(NN)nc2cc1Cl. The van der Waals surface area contributed by atoms with Gasteiger partial charge in [0, 0.05) is 10.4 Å². The summed E-state index contributed by atoms with van der Waals surface area (Å²) in [4.78, 5) is 4.37. The number of fused-ring (bicyclic) bond motifs is 1. The second-order valence-corrected chi connectivity index (χ2v) is 4.00. The lowest BCUT2D eigenvalue weighted by Gasteiger charge is -2.07. The number of hydrazine groups is 1. The van der Waals surface area contributed by atoms with Crippen molar-refractivity contribution in [3.8, 4) is 0 Å². The number of hydrogen-bond acceptors (Lipinski definition) is 3. The van der Waals surface area contributed by atoms with Gasteiger partial charge in [-0.3, -0.25) is 0 Å². The highest BCUT2D eigenvalue weighted by atomic mass is 35.5. The minimum absolute atomic E-state index is 0.683. The molecule has 1 heterocycles. The van der Waals surface area contributed by atoms with Crippen molar-refractivity contribution < 1.29 is 0 Å². The third-order valence-corrected chi connectivity index (χ3v) is 2.83. The van der Waals surface area contributed by atoms with Crippen molar-refractivity contribution in [2.24, 2.45) is 5.84 Å². The van der Waals surface area contributed by atoms with Gasteiger partial charge in [-0.25, -0.2) is 10.8 Å². The Labute approximate surface area is 93.2 Å². The van der Waals surface area contributed by atoms with Gasteiger partial charge in [0.05, 0.1) is 5.52 Å². The van der Waals surface area contributed by atoms with Gasteiger partial charge in [0.25, 0.3) is 0 Å². The Hall–Kier alpha value is -1.32. The smallest absolute Gasteiger partial charge is 0.143 e. The third kappa shape index (κ3) is 1.76. The van der Waals surface area contributed by atoms with Gasteiger partial charge < -0.3 is 5.43 Å².